The van der Waals surface area contributed by atoms with Gasteiger partial charge in [-0.05, 0) is 46.7 Å². The Morgan fingerprint density at radius 2 is 2.10 bits per heavy atom. The number of nitrogens with one attached hydrogen (secondary N) is 1. The molecule has 104 valence electrons. The highest BCUT2D eigenvalue weighted by molar-refractivity contribution is 9.10. The maximum atomic E-state index is 12.1. The molecular formula is C16H17BrN2O. The minimum Gasteiger partial charge on any atom is -0.306 e. The van der Waals surface area contributed by atoms with Gasteiger partial charge in [0.05, 0.1) is 5.69 Å². The van der Waals surface area contributed by atoms with Crippen molar-refractivity contribution in [2.24, 2.45) is 0 Å². The van der Waals surface area contributed by atoms with Crippen LogP contribution in [-0.2, 0) is 6.42 Å². The van der Waals surface area contributed by atoms with Gasteiger partial charge < -0.3 is 4.98 Å². The molecule has 1 aliphatic carbocycles. The van der Waals surface area contributed by atoms with Gasteiger partial charge in [-0.3, -0.25) is 4.79 Å². The first kappa shape index (κ1) is 13.6. The topological polar surface area (TPSA) is 45.8 Å². The SMILES string of the molecule is CCCc1nc(-c2ccccc2C2CC2)[nH]c(=O)c1Br. The number of benzene rings is 1. The summed E-state index contributed by atoms with van der Waals surface area (Å²) in [6.07, 6.45) is 4.25. The first-order chi connectivity index (χ1) is 9.70. The molecule has 1 saturated carbocycles. The zero-order valence-electron chi connectivity index (χ0n) is 11.4. The van der Waals surface area contributed by atoms with Gasteiger partial charge in [0.1, 0.15) is 10.3 Å². The van der Waals surface area contributed by atoms with Gasteiger partial charge in [0.25, 0.3) is 5.56 Å². The monoisotopic (exact) mass is 332 g/mol. The van der Waals surface area contributed by atoms with Gasteiger partial charge >= 0.3 is 0 Å². The number of aryl methyl sites for hydroxylation is 1. The Morgan fingerprint density at radius 3 is 2.80 bits per heavy atom. The number of aromatic amines is 1. The second-order valence-corrected chi connectivity index (χ2v) is 6.08. The molecule has 0 atom stereocenters. The van der Waals surface area contributed by atoms with Crippen molar-refractivity contribution in [3.63, 3.8) is 0 Å². The van der Waals surface area contributed by atoms with Gasteiger partial charge in [0.2, 0.25) is 0 Å². The molecule has 1 N–H and O–H groups in total. The van der Waals surface area contributed by atoms with E-state index in [1.165, 1.54) is 18.4 Å². The molecule has 0 saturated heterocycles. The average Bonchev–Trinajstić information content (AvgIpc) is 3.28. The number of hydrogen-bond donors (Lipinski definition) is 1. The third-order valence-corrected chi connectivity index (χ3v) is 4.47. The minimum atomic E-state index is -0.0935. The zero-order chi connectivity index (χ0) is 14.1. The van der Waals surface area contributed by atoms with Crippen LogP contribution in [0.4, 0.5) is 0 Å². The molecular weight excluding hydrogens is 316 g/mol. The Morgan fingerprint density at radius 1 is 1.35 bits per heavy atom. The molecule has 1 fully saturated rings. The molecule has 4 heteroatoms. The Labute approximate surface area is 126 Å². The molecule has 0 unspecified atom stereocenters. The van der Waals surface area contributed by atoms with Crippen LogP contribution in [0.25, 0.3) is 11.4 Å². The van der Waals surface area contributed by atoms with Crippen molar-refractivity contribution in [1.82, 2.24) is 9.97 Å². The molecule has 0 aliphatic heterocycles. The summed E-state index contributed by atoms with van der Waals surface area (Å²) in [6.45, 7) is 2.09. The van der Waals surface area contributed by atoms with E-state index in [1.807, 2.05) is 6.07 Å². The second kappa shape index (κ2) is 5.52. The van der Waals surface area contributed by atoms with Crippen molar-refractivity contribution in [3.05, 3.63) is 50.3 Å². The predicted molar refractivity (Wildman–Crippen MR) is 84.0 cm³/mol. The van der Waals surface area contributed by atoms with E-state index in [2.05, 4.69) is 51.0 Å². The third kappa shape index (κ3) is 2.57. The molecule has 1 aliphatic rings. The van der Waals surface area contributed by atoms with E-state index in [0.29, 0.717) is 16.2 Å². The number of rotatable bonds is 4. The number of hydrogen-bond acceptors (Lipinski definition) is 2. The van der Waals surface area contributed by atoms with Gasteiger partial charge in [-0.2, -0.15) is 0 Å². The molecule has 0 spiro atoms. The molecule has 20 heavy (non-hydrogen) atoms. The lowest BCUT2D eigenvalue weighted by Gasteiger charge is -2.10. The fourth-order valence-corrected chi connectivity index (χ4v) is 2.88. The van der Waals surface area contributed by atoms with Crippen molar-refractivity contribution < 1.29 is 0 Å². The van der Waals surface area contributed by atoms with E-state index in [1.54, 1.807) is 0 Å². The number of aromatic nitrogens is 2. The normalized spacial score (nSPS) is 14.5. The van der Waals surface area contributed by atoms with E-state index in [0.717, 1.165) is 24.1 Å². The standard InChI is InChI=1S/C16H17BrN2O/c1-2-5-13-14(17)16(20)19-15(18-13)12-7-4-3-6-11(12)10-8-9-10/h3-4,6-7,10H,2,5,8-9H2,1H3,(H,18,19,20). The largest absolute Gasteiger partial charge is 0.306 e. The van der Waals surface area contributed by atoms with Crippen LogP contribution >= 0.6 is 15.9 Å². The van der Waals surface area contributed by atoms with E-state index in [-0.39, 0.29) is 5.56 Å². The Balaban J connectivity index is 2.12. The summed E-state index contributed by atoms with van der Waals surface area (Å²) in [6, 6.07) is 8.26. The van der Waals surface area contributed by atoms with Crippen LogP contribution in [0, 0.1) is 0 Å². The highest BCUT2D eigenvalue weighted by Crippen LogP contribution is 2.43. The van der Waals surface area contributed by atoms with Gasteiger partial charge in [0.15, 0.2) is 0 Å². The van der Waals surface area contributed by atoms with Crippen molar-refractivity contribution in [3.8, 4) is 11.4 Å². The maximum Gasteiger partial charge on any atom is 0.265 e. The molecule has 0 amide bonds. The van der Waals surface area contributed by atoms with E-state index in [4.69, 9.17) is 0 Å². The maximum absolute atomic E-state index is 12.1. The molecule has 3 rings (SSSR count). The summed E-state index contributed by atoms with van der Waals surface area (Å²) in [5.41, 5.74) is 3.12. The van der Waals surface area contributed by atoms with Gasteiger partial charge in [0, 0.05) is 5.56 Å². The van der Waals surface area contributed by atoms with Crippen molar-refractivity contribution in [2.75, 3.05) is 0 Å². The molecule has 1 aromatic carbocycles. The van der Waals surface area contributed by atoms with Crippen LogP contribution in [0.3, 0.4) is 0 Å². The van der Waals surface area contributed by atoms with E-state index in [9.17, 15) is 4.79 Å². The second-order valence-electron chi connectivity index (χ2n) is 5.29. The molecule has 2 aromatic rings. The lowest BCUT2D eigenvalue weighted by Crippen LogP contribution is -2.14. The Hall–Kier alpha value is -1.42. The Kier molecular flexibility index (Phi) is 3.74. The first-order valence-corrected chi connectivity index (χ1v) is 7.88. The summed E-state index contributed by atoms with van der Waals surface area (Å²) in [4.78, 5) is 19.6. The van der Waals surface area contributed by atoms with Crippen LogP contribution in [0.5, 0.6) is 0 Å². The molecule has 3 nitrogen and oxygen atoms in total. The van der Waals surface area contributed by atoms with Crippen molar-refractivity contribution in [2.45, 2.75) is 38.5 Å². The third-order valence-electron chi connectivity index (χ3n) is 3.65. The number of nitrogens with zero attached hydrogens (tertiary/aromatic N) is 1. The fraction of sp³-hybridized carbons (Fsp3) is 0.375. The molecule has 1 aromatic heterocycles. The van der Waals surface area contributed by atoms with Crippen LogP contribution < -0.4 is 5.56 Å². The van der Waals surface area contributed by atoms with Crippen LogP contribution in [-0.4, -0.2) is 9.97 Å². The smallest absolute Gasteiger partial charge is 0.265 e. The lowest BCUT2D eigenvalue weighted by molar-refractivity contribution is 0.860. The summed E-state index contributed by atoms with van der Waals surface area (Å²) in [5, 5.41) is 0. The number of halogens is 1. The minimum absolute atomic E-state index is 0.0935. The van der Waals surface area contributed by atoms with Crippen LogP contribution in [0.15, 0.2) is 33.5 Å². The first-order valence-electron chi connectivity index (χ1n) is 7.08. The highest BCUT2D eigenvalue weighted by Gasteiger charge is 2.26. The van der Waals surface area contributed by atoms with Gasteiger partial charge in [-0.1, -0.05) is 37.6 Å². The fourth-order valence-electron chi connectivity index (χ4n) is 2.50. The van der Waals surface area contributed by atoms with Crippen molar-refractivity contribution in [1.29, 1.82) is 0 Å². The molecule has 0 bridgehead atoms. The van der Waals surface area contributed by atoms with Crippen LogP contribution in [0.1, 0.15) is 43.4 Å². The quantitative estimate of drug-likeness (QED) is 0.918. The van der Waals surface area contributed by atoms with E-state index >= 15 is 0 Å². The number of H-pyrrole nitrogens is 1. The van der Waals surface area contributed by atoms with Crippen molar-refractivity contribution >= 4 is 15.9 Å². The van der Waals surface area contributed by atoms with Crippen LogP contribution in [0.2, 0.25) is 0 Å². The highest BCUT2D eigenvalue weighted by atomic mass is 79.9. The lowest BCUT2D eigenvalue weighted by atomic mass is 10.0. The molecule has 0 radical (unpaired) electrons. The summed E-state index contributed by atoms with van der Waals surface area (Å²) >= 11 is 3.34. The van der Waals surface area contributed by atoms with E-state index < -0.39 is 0 Å². The van der Waals surface area contributed by atoms with Gasteiger partial charge in [-0.15, -0.1) is 0 Å². The average molecular weight is 333 g/mol. The summed E-state index contributed by atoms with van der Waals surface area (Å²) in [7, 11) is 0. The summed E-state index contributed by atoms with van der Waals surface area (Å²) < 4.78 is 0.562. The zero-order valence-corrected chi connectivity index (χ0v) is 13.0. The Bertz CT molecular complexity index is 689. The van der Waals surface area contributed by atoms with Gasteiger partial charge in [-0.25, -0.2) is 4.98 Å². The predicted octanol–water partition coefficient (Wildman–Crippen LogP) is 4.03. The molecule has 1 heterocycles. The summed E-state index contributed by atoms with van der Waals surface area (Å²) in [5.74, 6) is 1.33.